The molecule has 1 aromatic heterocycles. The van der Waals surface area contributed by atoms with Crippen molar-refractivity contribution in [3.05, 3.63) is 41.2 Å². The van der Waals surface area contributed by atoms with Gasteiger partial charge in [0, 0.05) is 23.2 Å². The maximum atomic E-state index is 5.90. The number of hydrogen-bond donors (Lipinski definition) is 1. The van der Waals surface area contributed by atoms with Gasteiger partial charge in [-0.1, -0.05) is 30.9 Å². The Morgan fingerprint density at radius 1 is 1.23 bits per heavy atom. The number of rotatable bonds is 5. The van der Waals surface area contributed by atoms with Crippen LogP contribution in [-0.2, 0) is 6.54 Å². The molecule has 2 aromatic rings. The van der Waals surface area contributed by atoms with E-state index in [0.29, 0.717) is 11.9 Å². The Morgan fingerprint density at radius 2 is 1.95 bits per heavy atom. The van der Waals surface area contributed by atoms with Gasteiger partial charge >= 0.3 is 0 Å². The zero-order valence-corrected chi connectivity index (χ0v) is 13.8. The Labute approximate surface area is 137 Å². The number of halogens is 1. The molecule has 0 unspecified atom stereocenters. The third-order valence-corrected chi connectivity index (χ3v) is 4.86. The van der Waals surface area contributed by atoms with E-state index >= 15 is 0 Å². The highest BCUT2D eigenvalue weighted by Gasteiger charge is 2.19. The van der Waals surface area contributed by atoms with Gasteiger partial charge in [0.2, 0.25) is 5.89 Å². The summed E-state index contributed by atoms with van der Waals surface area (Å²) in [6.45, 7) is 3.05. The van der Waals surface area contributed by atoms with Gasteiger partial charge in [0.25, 0.3) is 0 Å². The summed E-state index contributed by atoms with van der Waals surface area (Å²) in [5.41, 5.74) is 1.91. The van der Waals surface area contributed by atoms with Crippen LogP contribution in [0.25, 0.3) is 11.5 Å². The lowest BCUT2D eigenvalue weighted by atomic mass is 9.84. The summed E-state index contributed by atoms with van der Waals surface area (Å²) in [7, 11) is 0. The van der Waals surface area contributed by atoms with Crippen LogP contribution in [0.3, 0.4) is 0 Å². The lowest BCUT2D eigenvalue weighted by Crippen LogP contribution is -2.34. The number of nitrogens with one attached hydrogen (secondary N) is 1. The van der Waals surface area contributed by atoms with Crippen LogP contribution >= 0.6 is 11.6 Å². The number of hydrogen-bond acceptors (Lipinski definition) is 3. The number of oxazole rings is 1. The van der Waals surface area contributed by atoms with Crippen LogP contribution in [0.5, 0.6) is 0 Å². The van der Waals surface area contributed by atoms with Crippen LogP contribution in [0.2, 0.25) is 5.02 Å². The van der Waals surface area contributed by atoms with E-state index in [0.717, 1.165) is 28.7 Å². The average Bonchev–Trinajstić information content (AvgIpc) is 3.03. The third kappa shape index (κ3) is 3.90. The second kappa shape index (κ2) is 7.30. The molecule has 1 saturated carbocycles. The lowest BCUT2D eigenvalue weighted by Gasteiger charge is -2.28. The first-order valence-electron chi connectivity index (χ1n) is 8.16. The quantitative estimate of drug-likeness (QED) is 0.838. The van der Waals surface area contributed by atoms with Crippen molar-refractivity contribution in [2.45, 2.75) is 51.6 Å². The summed E-state index contributed by atoms with van der Waals surface area (Å²) < 4.78 is 5.57. The highest BCUT2D eigenvalue weighted by atomic mass is 35.5. The van der Waals surface area contributed by atoms with Gasteiger partial charge in [-0.3, -0.25) is 0 Å². The van der Waals surface area contributed by atoms with E-state index in [2.05, 4.69) is 17.2 Å². The minimum Gasteiger partial charge on any atom is -0.444 e. The molecule has 1 aliphatic carbocycles. The molecule has 1 atom stereocenters. The van der Waals surface area contributed by atoms with E-state index in [1.807, 2.05) is 24.3 Å². The fraction of sp³-hybridized carbons (Fsp3) is 0.500. The maximum Gasteiger partial charge on any atom is 0.226 e. The van der Waals surface area contributed by atoms with Crippen molar-refractivity contribution in [2.75, 3.05) is 0 Å². The van der Waals surface area contributed by atoms with Crippen molar-refractivity contribution in [3.63, 3.8) is 0 Å². The molecule has 4 heteroatoms. The first-order chi connectivity index (χ1) is 10.7. The van der Waals surface area contributed by atoms with Crippen molar-refractivity contribution >= 4 is 11.6 Å². The Morgan fingerprint density at radius 3 is 2.68 bits per heavy atom. The SMILES string of the molecule is C[C@@H](NCc1coc(-c2ccc(Cl)cc2)n1)C1CCCCC1. The summed E-state index contributed by atoms with van der Waals surface area (Å²) in [6, 6.07) is 8.09. The minimum atomic E-state index is 0.538. The smallest absolute Gasteiger partial charge is 0.226 e. The van der Waals surface area contributed by atoms with Gasteiger partial charge in [-0.2, -0.15) is 0 Å². The second-order valence-electron chi connectivity index (χ2n) is 6.22. The zero-order valence-electron chi connectivity index (χ0n) is 13.0. The van der Waals surface area contributed by atoms with E-state index in [1.54, 1.807) is 6.26 Å². The van der Waals surface area contributed by atoms with Crippen LogP contribution in [0.1, 0.15) is 44.7 Å². The monoisotopic (exact) mass is 318 g/mol. The zero-order chi connectivity index (χ0) is 15.4. The molecule has 0 amide bonds. The fourth-order valence-electron chi connectivity index (χ4n) is 3.18. The lowest BCUT2D eigenvalue weighted by molar-refractivity contribution is 0.280. The molecule has 3 nitrogen and oxygen atoms in total. The first kappa shape index (κ1) is 15.6. The summed E-state index contributed by atoms with van der Waals surface area (Å²) in [6.07, 6.45) is 8.59. The van der Waals surface area contributed by atoms with E-state index in [4.69, 9.17) is 16.0 Å². The Bertz CT molecular complexity index is 587. The van der Waals surface area contributed by atoms with Gasteiger partial charge < -0.3 is 9.73 Å². The summed E-state index contributed by atoms with van der Waals surface area (Å²) >= 11 is 5.90. The molecule has 0 radical (unpaired) electrons. The highest BCUT2D eigenvalue weighted by Crippen LogP contribution is 2.26. The molecule has 0 spiro atoms. The number of benzene rings is 1. The molecule has 22 heavy (non-hydrogen) atoms. The van der Waals surface area contributed by atoms with E-state index in [1.165, 1.54) is 32.1 Å². The summed E-state index contributed by atoms with van der Waals surface area (Å²) in [5.74, 6) is 1.45. The number of aromatic nitrogens is 1. The number of nitrogens with zero attached hydrogens (tertiary/aromatic N) is 1. The van der Waals surface area contributed by atoms with Crippen LogP contribution in [0.15, 0.2) is 34.9 Å². The molecular formula is C18H23ClN2O. The van der Waals surface area contributed by atoms with Crippen molar-refractivity contribution in [2.24, 2.45) is 5.92 Å². The predicted molar refractivity (Wildman–Crippen MR) is 89.8 cm³/mol. The fourth-order valence-corrected chi connectivity index (χ4v) is 3.31. The molecule has 1 heterocycles. The summed E-state index contributed by atoms with van der Waals surface area (Å²) in [4.78, 5) is 4.56. The predicted octanol–water partition coefficient (Wildman–Crippen LogP) is 5.05. The van der Waals surface area contributed by atoms with E-state index in [-0.39, 0.29) is 0 Å². The Hall–Kier alpha value is -1.32. The van der Waals surface area contributed by atoms with Gasteiger partial charge in [-0.05, 0) is 49.9 Å². The summed E-state index contributed by atoms with van der Waals surface area (Å²) in [5, 5.41) is 4.32. The second-order valence-corrected chi connectivity index (χ2v) is 6.65. The van der Waals surface area contributed by atoms with Crippen LogP contribution in [-0.4, -0.2) is 11.0 Å². The maximum absolute atomic E-state index is 5.90. The van der Waals surface area contributed by atoms with Gasteiger partial charge in [0.1, 0.15) is 6.26 Å². The van der Waals surface area contributed by atoms with Gasteiger partial charge in [-0.25, -0.2) is 4.98 Å². The van der Waals surface area contributed by atoms with Crippen molar-refractivity contribution < 1.29 is 4.42 Å². The van der Waals surface area contributed by atoms with Crippen molar-refractivity contribution in [1.29, 1.82) is 0 Å². The molecule has 0 aliphatic heterocycles. The Balaban J connectivity index is 1.56. The minimum absolute atomic E-state index is 0.538. The van der Waals surface area contributed by atoms with E-state index in [9.17, 15) is 0 Å². The molecular weight excluding hydrogens is 296 g/mol. The molecule has 0 saturated heterocycles. The van der Waals surface area contributed by atoms with Crippen molar-refractivity contribution in [3.8, 4) is 11.5 Å². The van der Waals surface area contributed by atoms with Crippen molar-refractivity contribution in [1.82, 2.24) is 10.3 Å². The van der Waals surface area contributed by atoms with Crippen LogP contribution in [0, 0.1) is 5.92 Å². The van der Waals surface area contributed by atoms with Gasteiger partial charge in [0.05, 0.1) is 5.69 Å². The average molecular weight is 319 g/mol. The van der Waals surface area contributed by atoms with Crippen LogP contribution in [0.4, 0.5) is 0 Å². The molecule has 1 aliphatic rings. The van der Waals surface area contributed by atoms with E-state index < -0.39 is 0 Å². The topological polar surface area (TPSA) is 38.1 Å². The first-order valence-corrected chi connectivity index (χ1v) is 8.54. The molecule has 0 bridgehead atoms. The molecule has 1 aromatic carbocycles. The molecule has 1 N–H and O–H groups in total. The standard InChI is InChI=1S/C18H23ClN2O/c1-13(14-5-3-2-4-6-14)20-11-17-12-22-18(21-17)15-7-9-16(19)10-8-15/h7-10,12-14,20H,2-6,11H2,1H3/t13-/m1/s1. The van der Waals surface area contributed by atoms with Gasteiger partial charge in [-0.15, -0.1) is 0 Å². The normalized spacial score (nSPS) is 17.5. The highest BCUT2D eigenvalue weighted by molar-refractivity contribution is 6.30. The largest absolute Gasteiger partial charge is 0.444 e. The Kier molecular flexibility index (Phi) is 5.16. The molecule has 3 rings (SSSR count). The van der Waals surface area contributed by atoms with Gasteiger partial charge in [0.15, 0.2) is 0 Å². The van der Waals surface area contributed by atoms with Crippen LogP contribution < -0.4 is 5.32 Å². The third-order valence-electron chi connectivity index (χ3n) is 4.61. The molecule has 118 valence electrons. The molecule has 1 fully saturated rings.